The molecule has 6 heteroatoms. The maximum absolute atomic E-state index is 11.8. The minimum Gasteiger partial charge on any atom is -0.394 e. The van der Waals surface area contributed by atoms with Crippen LogP contribution in [0.1, 0.15) is 22.8 Å². The molecule has 0 saturated heterocycles. The van der Waals surface area contributed by atoms with Crippen molar-refractivity contribution in [3.63, 3.8) is 0 Å². The Hall–Kier alpha value is -1.95. The fourth-order valence-corrected chi connectivity index (χ4v) is 1.41. The standard InChI is InChI=1S/C11H14N2O4/c1-7(6-14)12-11(15)9-4-3-5-10(8(9)2)13(16)17/h3-5,7,14H,6H2,1-2H3,(H,12,15). The van der Waals surface area contributed by atoms with Gasteiger partial charge >= 0.3 is 0 Å². The van der Waals surface area contributed by atoms with Gasteiger partial charge in [-0.1, -0.05) is 6.07 Å². The minimum atomic E-state index is -0.526. The first kappa shape index (κ1) is 13.1. The molecule has 0 fully saturated rings. The third-order valence-electron chi connectivity index (χ3n) is 2.40. The lowest BCUT2D eigenvalue weighted by molar-refractivity contribution is -0.385. The van der Waals surface area contributed by atoms with Gasteiger partial charge in [-0.2, -0.15) is 0 Å². The number of aliphatic hydroxyl groups is 1. The SMILES string of the molecule is Cc1c(C(=O)NC(C)CO)cccc1[N+](=O)[O-]. The summed E-state index contributed by atoms with van der Waals surface area (Å²) in [5.74, 6) is -0.423. The van der Waals surface area contributed by atoms with Crippen LogP contribution in [0.15, 0.2) is 18.2 Å². The quantitative estimate of drug-likeness (QED) is 0.605. The van der Waals surface area contributed by atoms with E-state index in [0.29, 0.717) is 5.56 Å². The van der Waals surface area contributed by atoms with Crippen LogP contribution in [0.5, 0.6) is 0 Å². The molecule has 0 saturated carbocycles. The first-order chi connectivity index (χ1) is 7.97. The van der Waals surface area contributed by atoms with E-state index in [2.05, 4.69) is 5.32 Å². The lowest BCUT2D eigenvalue weighted by atomic mass is 10.1. The molecule has 0 aliphatic heterocycles. The van der Waals surface area contributed by atoms with Gasteiger partial charge in [0.15, 0.2) is 0 Å². The van der Waals surface area contributed by atoms with Crippen molar-refractivity contribution >= 4 is 11.6 Å². The summed E-state index contributed by atoms with van der Waals surface area (Å²) < 4.78 is 0. The van der Waals surface area contributed by atoms with Gasteiger partial charge in [-0.05, 0) is 19.9 Å². The molecule has 0 radical (unpaired) electrons. The molecule has 1 atom stereocenters. The first-order valence-electron chi connectivity index (χ1n) is 5.13. The van der Waals surface area contributed by atoms with Crippen molar-refractivity contribution in [2.75, 3.05) is 6.61 Å². The van der Waals surface area contributed by atoms with Crippen LogP contribution in [0, 0.1) is 17.0 Å². The summed E-state index contributed by atoms with van der Waals surface area (Å²) in [4.78, 5) is 21.9. The second kappa shape index (κ2) is 5.40. The van der Waals surface area contributed by atoms with E-state index in [1.807, 2.05) is 0 Å². The number of hydrogen-bond donors (Lipinski definition) is 2. The van der Waals surface area contributed by atoms with Gasteiger partial charge in [-0.15, -0.1) is 0 Å². The summed E-state index contributed by atoms with van der Waals surface area (Å²) >= 11 is 0. The van der Waals surface area contributed by atoms with Gasteiger partial charge in [0.05, 0.1) is 11.5 Å². The molecule has 6 nitrogen and oxygen atoms in total. The number of rotatable bonds is 4. The van der Waals surface area contributed by atoms with E-state index >= 15 is 0 Å². The monoisotopic (exact) mass is 238 g/mol. The Morgan fingerprint density at radius 2 is 2.24 bits per heavy atom. The molecule has 0 aliphatic rings. The minimum absolute atomic E-state index is 0.0886. The lowest BCUT2D eigenvalue weighted by Crippen LogP contribution is -2.35. The highest BCUT2D eigenvalue weighted by molar-refractivity contribution is 5.96. The van der Waals surface area contributed by atoms with E-state index in [4.69, 9.17) is 5.11 Å². The van der Waals surface area contributed by atoms with Gasteiger partial charge in [0.1, 0.15) is 0 Å². The number of carbonyl (C=O) groups excluding carboxylic acids is 1. The Morgan fingerprint density at radius 1 is 1.59 bits per heavy atom. The normalized spacial score (nSPS) is 11.9. The summed E-state index contributed by atoms with van der Waals surface area (Å²) in [7, 11) is 0. The average molecular weight is 238 g/mol. The zero-order valence-electron chi connectivity index (χ0n) is 9.64. The fourth-order valence-electron chi connectivity index (χ4n) is 1.41. The number of nitrogens with one attached hydrogen (secondary N) is 1. The van der Waals surface area contributed by atoms with Gasteiger partial charge in [0.25, 0.3) is 11.6 Å². The Morgan fingerprint density at radius 3 is 2.76 bits per heavy atom. The van der Waals surface area contributed by atoms with Gasteiger partial charge < -0.3 is 10.4 Å². The molecule has 1 unspecified atom stereocenters. The zero-order chi connectivity index (χ0) is 13.0. The third kappa shape index (κ3) is 3.01. The van der Waals surface area contributed by atoms with E-state index in [-0.39, 0.29) is 23.9 Å². The third-order valence-corrected chi connectivity index (χ3v) is 2.40. The highest BCUT2D eigenvalue weighted by Gasteiger charge is 2.18. The van der Waals surface area contributed by atoms with E-state index < -0.39 is 10.8 Å². The Balaban J connectivity index is 3.02. The molecule has 1 aromatic carbocycles. The maximum atomic E-state index is 11.8. The number of carbonyl (C=O) groups is 1. The predicted molar refractivity (Wildman–Crippen MR) is 61.8 cm³/mol. The molecule has 0 aromatic heterocycles. The number of aliphatic hydroxyl groups excluding tert-OH is 1. The van der Waals surface area contributed by atoms with Crippen LogP contribution in [-0.2, 0) is 0 Å². The van der Waals surface area contributed by atoms with Crippen LogP contribution in [0.2, 0.25) is 0 Å². The molecule has 0 bridgehead atoms. The van der Waals surface area contributed by atoms with Crippen molar-refractivity contribution in [3.8, 4) is 0 Å². The number of nitro groups is 1. The van der Waals surface area contributed by atoms with Crippen LogP contribution in [0.3, 0.4) is 0 Å². The van der Waals surface area contributed by atoms with Crippen molar-refractivity contribution in [1.82, 2.24) is 5.32 Å². The molecular weight excluding hydrogens is 224 g/mol. The van der Waals surface area contributed by atoms with E-state index in [1.54, 1.807) is 6.92 Å². The predicted octanol–water partition coefficient (Wildman–Crippen LogP) is 1.01. The molecule has 2 N–H and O–H groups in total. The molecule has 1 amide bonds. The van der Waals surface area contributed by atoms with Crippen LogP contribution in [-0.4, -0.2) is 28.6 Å². The Bertz CT molecular complexity index is 445. The number of benzene rings is 1. The largest absolute Gasteiger partial charge is 0.394 e. The summed E-state index contributed by atoms with van der Waals surface area (Å²) in [5.41, 5.74) is 0.481. The smallest absolute Gasteiger partial charge is 0.273 e. The number of nitrogens with zero attached hydrogens (tertiary/aromatic N) is 1. The van der Waals surface area contributed by atoms with Crippen molar-refractivity contribution < 1.29 is 14.8 Å². The maximum Gasteiger partial charge on any atom is 0.273 e. The number of amides is 1. The first-order valence-corrected chi connectivity index (χ1v) is 5.13. The van der Waals surface area contributed by atoms with Crippen LogP contribution < -0.4 is 5.32 Å². The van der Waals surface area contributed by atoms with Crippen LogP contribution in [0.4, 0.5) is 5.69 Å². The summed E-state index contributed by atoms with van der Waals surface area (Å²) in [6.07, 6.45) is 0. The Labute approximate surface area is 98.4 Å². The van der Waals surface area contributed by atoms with Gasteiger partial charge in [-0.3, -0.25) is 14.9 Å². The molecule has 1 aromatic rings. The highest BCUT2D eigenvalue weighted by Crippen LogP contribution is 2.20. The van der Waals surface area contributed by atoms with Gasteiger partial charge in [0.2, 0.25) is 0 Å². The van der Waals surface area contributed by atoms with Crippen molar-refractivity contribution in [3.05, 3.63) is 39.4 Å². The lowest BCUT2D eigenvalue weighted by Gasteiger charge is -2.12. The number of nitro benzene ring substituents is 1. The van der Waals surface area contributed by atoms with Crippen molar-refractivity contribution in [2.24, 2.45) is 0 Å². The number of hydrogen-bond acceptors (Lipinski definition) is 4. The van der Waals surface area contributed by atoms with Crippen molar-refractivity contribution in [2.45, 2.75) is 19.9 Å². The summed E-state index contributed by atoms with van der Waals surface area (Å²) in [6.45, 7) is 2.99. The van der Waals surface area contributed by atoms with Gasteiger partial charge in [-0.25, -0.2) is 0 Å². The van der Waals surface area contributed by atoms with Crippen LogP contribution in [0.25, 0.3) is 0 Å². The highest BCUT2D eigenvalue weighted by atomic mass is 16.6. The van der Waals surface area contributed by atoms with Crippen molar-refractivity contribution in [1.29, 1.82) is 0 Å². The molecule has 1 rings (SSSR count). The summed E-state index contributed by atoms with van der Waals surface area (Å²) in [5, 5.41) is 22.1. The van der Waals surface area contributed by atoms with E-state index in [9.17, 15) is 14.9 Å². The van der Waals surface area contributed by atoms with Crippen LogP contribution >= 0.6 is 0 Å². The second-order valence-electron chi connectivity index (χ2n) is 3.76. The Kier molecular flexibility index (Phi) is 4.17. The molecule has 0 aliphatic carbocycles. The van der Waals surface area contributed by atoms with E-state index in [1.165, 1.54) is 25.1 Å². The fraction of sp³-hybridized carbons (Fsp3) is 0.364. The average Bonchev–Trinajstić information content (AvgIpc) is 2.28. The molecule has 0 spiro atoms. The zero-order valence-corrected chi connectivity index (χ0v) is 9.64. The molecular formula is C11H14N2O4. The topological polar surface area (TPSA) is 92.5 Å². The molecule has 0 heterocycles. The molecule has 17 heavy (non-hydrogen) atoms. The second-order valence-corrected chi connectivity index (χ2v) is 3.76. The van der Waals surface area contributed by atoms with E-state index in [0.717, 1.165) is 0 Å². The summed E-state index contributed by atoms with van der Waals surface area (Å²) in [6, 6.07) is 3.94. The molecule has 92 valence electrons. The van der Waals surface area contributed by atoms with Gasteiger partial charge in [0, 0.05) is 23.2 Å².